The molecule has 2 aromatic carbocycles. The Hall–Kier alpha value is -3.59. The summed E-state index contributed by atoms with van der Waals surface area (Å²) in [6.45, 7) is 2.50. The van der Waals surface area contributed by atoms with Crippen LogP contribution in [0.4, 0.5) is 22.5 Å². The van der Waals surface area contributed by atoms with Crippen LogP contribution in [0, 0.1) is 17.0 Å². The normalized spacial score (nSPS) is 10.8. The van der Waals surface area contributed by atoms with Gasteiger partial charge in [-0.05, 0) is 30.5 Å². The van der Waals surface area contributed by atoms with Gasteiger partial charge in [0, 0.05) is 6.54 Å². The number of anilines is 3. The smallest absolute Gasteiger partial charge is 0.353 e. The van der Waals surface area contributed by atoms with E-state index < -0.39 is 4.92 Å². The van der Waals surface area contributed by atoms with Crippen molar-refractivity contribution in [2.24, 2.45) is 0 Å². The first-order valence-corrected chi connectivity index (χ1v) is 9.84. The predicted molar refractivity (Wildman–Crippen MR) is 115 cm³/mol. The maximum Gasteiger partial charge on any atom is 0.353 e. The molecule has 0 saturated carbocycles. The Labute approximate surface area is 170 Å². The van der Waals surface area contributed by atoms with E-state index >= 15 is 0 Å². The number of hydrogen-bond donors (Lipinski definition) is 2. The Morgan fingerprint density at radius 1 is 1.07 bits per heavy atom. The van der Waals surface area contributed by atoms with Crippen LogP contribution in [0.25, 0.3) is 10.2 Å². The van der Waals surface area contributed by atoms with Crippen LogP contribution in [0.2, 0.25) is 0 Å². The fraction of sp³-hybridized carbons (Fsp3) is 0.150. The van der Waals surface area contributed by atoms with E-state index in [1.807, 2.05) is 55.5 Å². The van der Waals surface area contributed by atoms with Gasteiger partial charge in [-0.3, -0.25) is 10.1 Å². The highest BCUT2D eigenvalue weighted by Gasteiger charge is 2.23. The number of benzene rings is 2. The molecule has 0 unspecified atom stereocenters. The molecule has 0 amide bonds. The third-order valence-electron chi connectivity index (χ3n) is 4.40. The van der Waals surface area contributed by atoms with Gasteiger partial charge in [0.1, 0.15) is 6.33 Å². The van der Waals surface area contributed by atoms with Gasteiger partial charge < -0.3 is 10.6 Å². The minimum Gasteiger partial charge on any atom is -0.364 e. The summed E-state index contributed by atoms with van der Waals surface area (Å²) in [5.41, 5.74) is 2.86. The maximum atomic E-state index is 11.7. The SMILES string of the molecule is Cc1cccc2sc(Nc3ncnc(NCCc4ccccc4)c3[N+](=O)[O-])nc12. The number of nitrogens with zero attached hydrogens (tertiary/aromatic N) is 4. The highest BCUT2D eigenvalue weighted by Crippen LogP contribution is 2.34. The van der Waals surface area contributed by atoms with Crippen molar-refractivity contribution in [3.8, 4) is 0 Å². The molecule has 0 radical (unpaired) electrons. The van der Waals surface area contributed by atoms with Crippen molar-refractivity contribution in [2.45, 2.75) is 13.3 Å². The number of hydrogen-bond acceptors (Lipinski definition) is 8. The molecule has 0 bridgehead atoms. The van der Waals surface area contributed by atoms with E-state index in [2.05, 4.69) is 25.6 Å². The molecule has 2 aromatic heterocycles. The van der Waals surface area contributed by atoms with Gasteiger partial charge in [0.2, 0.25) is 11.6 Å². The zero-order valence-corrected chi connectivity index (χ0v) is 16.4. The third kappa shape index (κ3) is 4.14. The van der Waals surface area contributed by atoms with Crippen LogP contribution >= 0.6 is 11.3 Å². The number of para-hydroxylation sites is 1. The van der Waals surface area contributed by atoms with E-state index in [9.17, 15) is 10.1 Å². The highest BCUT2D eigenvalue weighted by atomic mass is 32.1. The standard InChI is InChI=1S/C20H18N6O2S/c1-13-6-5-9-15-16(13)24-20(29-15)25-19-17(26(27)28)18(22-12-23-19)21-11-10-14-7-3-2-4-8-14/h2-9,12H,10-11H2,1H3,(H2,21,22,23,24,25). The molecule has 0 spiro atoms. The first-order chi connectivity index (χ1) is 14.1. The molecule has 0 fully saturated rings. The first-order valence-electron chi connectivity index (χ1n) is 9.02. The number of aromatic nitrogens is 3. The molecular weight excluding hydrogens is 388 g/mol. The molecule has 4 aromatic rings. The Balaban J connectivity index is 1.57. The number of fused-ring (bicyclic) bond motifs is 1. The molecule has 8 nitrogen and oxygen atoms in total. The topological polar surface area (TPSA) is 106 Å². The lowest BCUT2D eigenvalue weighted by molar-refractivity contribution is -0.383. The van der Waals surface area contributed by atoms with Gasteiger partial charge in [0.25, 0.3) is 0 Å². The van der Waals surface area contributed by atoms with Crippen molar-refractivity contribution >= 4 is 44.0 Å². The van der Waals surface area contributed by atoms with Gasteiger partial charge in [-0.1, -0.05) is 53.8 Å². The summed E-state index contributed by atoms with van der Waals surface area (Å²) in [6.07, 6.45) is 2.03. The monoisotopic (exact) mass is 406 g/mol. The van der Waals surface area contributed by atoms with Crippen LogP contribution in [0.15, 0.2) is 54.9 Å². The number of thiazole rings is 1. The van der Waals surface area contributed by atoms with Crippen molar-refractivity contribution in [3.05, 3.63) is 76.1 Å². The van der Waals surface area contributed by atoms with Crippen LogP contribution < -0.4 is 10.6 Å². The molecular formula is C20H18N6O2S. The molecule has 2 heterocycles. The third-order valence-corrected chi connectivity index (χ3v) is 5.34. The Morgan fingerprint density at radius 3 is 2.62 bits per heavy atom. The molecule has 0 aliphatic rings. The van der Waals surface area contributed by atoms with Crippen molar-refractivity contribution in [1.82, 2.24) is 15.0 Å². The van der Waals surface area contributed by atoms with Gasteiger partial charge in [-0.2, -0.15) is 0 Å². The molecule has 0 aliphatic carbocycles. The second-order valence-corrected chi connectivity index (χ2v) is 7.44. The van der Waals surface area contributed by atoms with E-state index in [0.29, 0.717) is 11.7 Å². The molecule has 9 heteroatoms. The second-order valence-electron chi connectivity index (χ2n) is 6.40. The Bertz CT molecular complexity index is 1160. The molecule has 146 valence electrons. The van der Waals surface area contributed by atoms with Gasteiger partial charge >= 0.3 is 5.69 Å². The molecule has 0 saturated heterocycles. The number of nitro groups is 1. The average molecular weight is 406 g/mol. The molecule has 2 N–H and O–H groups in total. The van der Waals surface area contributed by atoms with Gasteiger partial charge in [0.15, 0.2) is 5.13 Å². The zero-order valence-electron chi connectivity index (χ0n) is 15.6. The van der Waals surface area contributed by atoms with Crippen molar-refractivity contribution in [2.75, 3.05) is 17.2 Å². The lowest BCUT2D eigenvalue weighted by atomic mass is 10.1. The summed E-state index contributed by atoms with van der Waals surface area (Å²) in [5, 5.41) is 18.3. The van der Waals surface area contributed by atoms with Crippen molar-refractivity contribution in [3.63, 3.8) is 0 Å². The van der Waals surface area contributed by atoms with Crippen LogP contribution in [-0.2, 0) is 6.42 Å². The van der Waals surface area contributed by atoms with E-state index in [1.165, 1.54) is 17.7 Å². The fourth-order valence-electron chi connectivity index (χ4n) is 2.98. The lowest BCUT2D eigenvalue weighted by Crippen LogP contribution is -2.10. The zero-order chi connectivity index (χ0) is 20.2. The number of nitrogens with one attached hydrogen (secondary N) is 2. The van der Waals surface area contributed by atoms with Crippen LogP contribution in [0.1, 0.15) is 11.1 Å². The van der Waals surface area contributed by atoms with Crippen LogP contribution in [0.5, 0.6) is 0 Å². The molecule has 29 heavy (non-hydrogen) atoms. The molecule has 0 aliphatic heterocycles. The minimum absolute atomic E-state index is 0.115. The number of rotatable bonds is 7. The van der Waals surface area contributed by atoms with Crippen molar-refractivity contribution < 1.29 is 4.92 Å². The molecule has 0 atom stereocenters. The summed E-state index contributed by atoms with van der Waals surface area (Å²) >= 11 is 1.42. The largest absolute Gasteiger partial charge is 0.364 e. The van der Waals surface area contributed by atoms with Gasteiger partial charge in [0.05, 0.1) is 15.1 Å². The summed E-state index contributed by atoms with van der Waals surface area (Å²) in [7, 11) is 0. The summed E-state index contributed by atoms with van der Waals surface area (Å²) in [4.78, 5) is 23.9. The summed E-state index contributed by atoms with van der Waals surface area (Å²) in [6, 6.07) is 15.8. The minimum atomic E-state index is -0.480. The van der Waals surface area contributed by atoms with E-state index in [4.69, 9.17) is 0 Å². The molecule has 4 rings (SSSR count). The predicted octanol–water partition coefficient (Wildman–Crippen LogP) is 4.70. The Morgan fingerprint density at radius 2 is 1.86 bits per heavy atom. The van der Waals surface area contributed by atoms with Gasteiger partial charge in [-0.25, -0.2) is 15.0 Å². The fourth-order valence-corrected chi connectivity index (χ4v) is 3.93. The van der Waals surface area contributed by atoms with Crippen LogP contribution in [-0.4, -0.2) is 26.4 Å². The van der Waals surface area contributed by atoms with Gasteiger partial charge in [-0.15, -0.1) is 0 Å². The average Bonchev–Trinajstić information content (AvgIpc) is 3.13. The quantitative estimate of drug-likeness (QED) is 0.338. The van der Waals surface area contributed by atoms with Crippen molar-refractivity contribution in [1.29, 1.82) is 0 Å². The lowest BCUT2D eigenvalue weighted by Gasteiger charge is -2.09. The summed E-state index contributed by atoms with van der Waals surface area (Å²) < 4.78 is 1.01. The Kier molecular flexibility index (Phi) is 5.30. The second kappa shape index (κ2) is 8.19. The van der Waals surface area contributed by atoms with E-state index in [1.54, 1.807) is 0 Å². The number of aryl methyl sites for hydroxylation is 1. The van der Waals surface area contributed by atoms with Crippen LogP contribution in [0.3, 0.4) is 0 Å². The van der Waals surface area contributed by atoms with E-state index in [-0.39, 0.29) is 17.3 Å². The maximum absolute atomic E-state index is 11.7. The first kappa shape index (κ1) is 18.8. The summed E-state index contributed by atoms with van der Waals surface area (Å²) in [5.74, 6) is 0.296. The van der Waals surface area contributed by atoms with E-state index in [0.717, 1.165) is 27.8 Å². The highest BCUT2D eigenvalue weighted by molar-refractivity contribution is 7.22.